The third-order valence-corrected chi connectivity index (χ3v) is 4.55. The Balaban J connectivity index is 1.92. The van der Waals surface area contributed by atoms with E-state index in [1.165, 1.54) is 50.0 Å². The molecule has 2 heteroatoms. The van der Waals surface area contributed by atoms with Gasteiger partial charge in [-0.05, 0) is 63.6 Å². The van der Waals surface area contributed by atoms with Crippen LogP contribution >= 0.6 is 0 Å². The van der Waals surface area contributed by atoms with Gasteiger partial charge < -0.3 is 10.2 Å². The quantitative estimate of drug-likeness (QED) is 0.871. The maximum Gasteiger partial charge on any atom is 0.0366 e. The van der Waals surface area contributed by atoms with Gasteiger partial charge in [-0.2, -0.15) is 0 Å². The second-order valence-electron chi connectivity index (χ2n) is 7.46. The first-order valence-corrected chi connectivity index (χ1v) is 8.57. The van der Waals surface area contributed by atoms with Crippen LogP contribution in [0, 0.1) is 5.92 Å². The summed E-state index contributed by atoms with van der Waals surface area (Å²) in [5, 5.41) is 3.55. The molecule has 0 bridgehead atoms. The molecule has 1 saturated heterocycles. The highest BCUT2D eigenvalue weighted by Gasteiger charge is 2.16. The second kappa shape index (κ2) is 7.31. The Morgan fingerprint density at radius 1 is 1.10 bits per heavy atom. The first kappa shape index (κ1) is 16.4. The van der Waals surface area contributed by atoms with Crippen molar-refractivity contribution >= 4 is 5.69 Å². The van der Waals surface area contributed by atoms with E-state index in [4.69, 9.17) is 0 Å². The number of nitrogens with one attached hydrogen (secondary N) is 1. The number of anilines is 1. The Labute approximate surface area is 130 Å². The molecule has 1 unspecified atom stereocenters. The van der Waals surface area contributed by atoms with Gasteiger partial charge in [0.15, 0.2) is 0 Å². The molecule has 0 spiro atoms. The average Bonchev–Trinajstić information content (AvgIpc) is 2.70. The third-order valence-electron chi connectivity index (χ3n) is 4.55. The molecule has 2 nitrogen and oxygen atoms in total. The van der Waals surface area contributed by atoms with E-state index in [1.807, 2.05) is 0 Å². The standard InChI is InChI=1S/C19H32N2/c1-5-16-7-6-13-21(14-12-16)18-10-8-17(9-11-18)15-20-19(2,3)4/h8-11,16,20H,5-7,12-15H2,1-4H3. The fourth-order valence-corrected chi connectivity index (χ4v) is 3.02. The number of hydrogen-bond donors (Lipinski definition) is 1. The summed E-state index contributed by atoms with van der Waals surface area (Å²) < 4.78 is 0. The van der Waals surface area contributed by atoms with Gasteiger partial charge in [0.05, 0.1) is 0 Å². The number of hydrogen-bond acceptors (Lipinski definition) is 2. The SMILES string of the molecule is CCC1CCCN(c2ccc(CNC(C)(C)C)cc2)CC1. The van der Waals surface area contributed by atoms with Crippen molar-refractivity contribution in [2.75, 3.05) is 18.0 Å². The van der Waals surface area contributed by atoms with E-state index in [0.29, 0.717) is 0 Å². The molecule has 1 fully saturated rings. The van der Waals surface area contributed by atoms with Crippen LogP contribution in [-0.4, -0.2) is 18.6 Å². The number of nitrogens with zero attached hydrogens (tertiary/aromatic N) is 1. The maximum absolute atomic E-state index is 3.55. The fourth-order valence-electron chi connectivity index (χ4n) is 3.02. The zero-order chi connectivity index (χ0) is 15.3. The summed E-state index contributed by atoms with van der Waals surface area (Å²) in [5.74, 6) is 0.935. The molecule has 1 aliphatic heterocycles. The van der Waals surface area contributed by atoms with Crippen molar-refractivity contribution < 1.29 is 0 Å². The normalized spacial score (nSPS) is 20.4. The molecule has 1 aromatic carbocycles. The summed E-state index contributed by atoms with van der Waals surface area (Å²) in [5.41, 5.74) is 2.94. The largest absolute Gasteiger partial charge is 0.372 e. The van der Waals surface area contributed by atoms with Crippen LogP contribution in [0.5, 0.6) is 0 Å². The van der Waals surface area contributed by atoms with Gasteiger partial charge in [-0.25, -0.2) is 0 Å². The van der Waals surface area contributed by atoms with Crippen LogP contribution < -0.4 is 10.2 Å². The number of benzene rings is 1. The second-order valence-corrected chi connectivity index (χ2v) is 7.46. The van der Waals surface area contributed by atoms with Gasteiger partial charge in [-0.3, -0.25) is 0 Å². The predicted molar refractivity (Wildman–Crippen MR) is 92.9 cm³/mol. The van der Waals surface area contributed by atoms with Crippen molar-refractivity contribution in [1.82, 2.24) is 5.32 Å². The van der Waals surface area contributed by atoms with Gasteiger partial charge in [-0.1, -0.05) is 25.5 Å². The van der Waals surface area contributed by atoms with Gasteiger partial charge in [0.1, 0.15) is 0 Å². The molecular formula is C19H32N2. The van der Waals surface area contributed by atoms with Gasteiger partial charge >= 0.3 is 0 Å². The third kappa shape index (κ3) is 5.35. The zero-order valence-corrected chi connectivity index (χ0v) is 14.3. The molecule has 0 aliphatic carbocycles. The van der Waals surface area contributed by atoms with E-state index in [1.54, 1.807) is 0 Å². The van der Waals surface area contributed by atoms with Crippen LogP contribution in [-0.2, 0) is 6.54 Å². The lowest BCUT2D eigenvalue weighted by Gasteiger charge is -2.24. The van der Waals surface area contributed by atoms with Crippen molar-refractivity contribution in [3.8, 4) is 0 Å². The van der Waals surface area contributed by atoms with Gasteiger partial charge in [-0.15, -0.1) is 0 Å². The van der Waals surface area contributed by atoms with Crippen molar-refractivity contribution in [3.05, 3.63) is 29.8 Å². The van der Waals surface area contributed by atoms with E-state index in [0.717, 1.165) is 12.5 Å². The summed E-state index contributed by atoms with van der Waals surface area (Å²) >= 11 is 0. The van der Waals surface area contributed by atoms with Crippen LogP contribution in [0.15, 0.2) is 24.3 Å². The van der Waals surface area contributed by atoms with Crippen LogP contribution in [0.2, 0.25) is 0 Å². The Kier molecular flexibility index (Phi) is 5.69. The van der Waals surface area contributed by atoms with Crippen LogP contribution in [0.25, 0.3) is 0 Å². The Hall–Kier alpha value is -1.02. The molecule has 21 heavy (non-hydrogen) atoms. The van der Waals surface area contributed by atoms with Crippen molar-refractivity contribution in [2.45, 2.75) is 65.5 Å². The lowest BCUT2D eigenvalue weighted by molar-refractivity contribution is 0.424. The molecule has 1 heterocycles. The molecule has 0 saturated carbocycles. The van der Waals surface area contributed by atoms with E-state index in [9.17, 15) is 0 Å². The molecule has 0 aromatic heterocycles. The van der Waals surface area contributed by atoms with Gasteiger partial charge in [0, 0.05) is 30.9 Å². The van der Waals surface area contributed by atoms with Crippen LogP contribution in [0.1, 0.15) is 58.9 Å². The number of rotatable bonds is 4. The topological polar surface area (TPSA) is 15.3 Å². The van der Waals surface area contributed by atoms with E-state index in [2.05, 4.69) is 62.2 Å². The first-order valence-electron chi connectivity index (χ1n) is 8.57. The Morgan fingerprint density at radius 2 is 1.81 bits per heavy atom. The Bertz CT molecular complexity index is 416. The van der Waals surface area contributed by atoms with E-state index < -0.39 is 0 Å². The van der Waals surface area contributed by atoms with Crippen molar-refractivity contribution in [1.29, 1.82) is 0 Å². The fraction of sp³-hybridized carbons (Fsp3) is 0.684. The lowest BCUT2D eigenvalue weighted by atomic mass is 9.98. The van der Waals surface area contributed by atoms with Gasteiger partial charge in [0.25, 0.3) is 0 Å². The van der Waals surface area contributed by atoms with E-state index >= 15 is 0 Å². The molecule has 2 rings (SSSR count). The van der Waals surface area contributed by atoms with Crippen LogP contribution in [0.3, 0.4) is 0 Å². The molecular weight excluding hydrogens is 256 g/mol. The maximum atomic E-state index is 3.55. The monoisotopic (exact) mass is 288 g/mol. The summed E-state index contributed by atoms with van der Waals surface area (Å²) in [6, 6.07) is 9.14. The highest BCUT2D eigenvalue weighted by Crippen LogP contribution is 2.24. The highest BCUT2D eigenvalue weighted by molar-refractivity contribution is 5.47. The summed E-state index contributed by atoms with van der Waals surface area (Å²) in [6.45, 7) is 12.3. The van der Waals surface area contributed by atoms with Crippen LogP contribution in [0.4, 0.5) is 5.69 Å². The zero-order valence-electron chi connectivity index (χ0n) is 14.3. The smallest absolute Gasteiger partial charge is 0.0366 e. The minimum Gasteiger partial charge on any atom is -0.372 e. The van der Waals surface area contributed by atoms with E-state index in [-0.39, 0.29) is 5.54 Å². The molecule has 1 aliphatic rings. The minimum absolute atomic E-state index is 0.179. The summed E-state index contributed by atoms with van der Waals surface area (Å²) in [6.07, 6.45) is 5.43. The molecule has 1 aromatic rings. The molecule has 0 radical (unpaired) electrons. The molecule has 1 atom stereocenters. The predicted octanol–water partition coefficient (Wildman–Crippen LogP) is 4.59. The summed E-state index contributed by atoms with van der Waals surface area (Å²) in [4.78, 5) is 2.57. The minimum atomic E-state index is 0.179. The lowest BCUT2D eigenvalue weighted by Crippen LogP contribution is -2.35. The highest BCUT2D eigenvalue weighted by atomic mass is 15.1. The average molecular weight is 288 g/mol. The van der Waals surface area contributed by atoms with Crippen molar-refractivity contribution in [3.63, 3.8) is 0 Å². The summed E-state index contributed by atoms with van der Waals surface area (Å²) in [7, 11) is 0. The first-order chi connectivity index (χ1) is 9.98. The molecule has 1 N–H and O–H groups in total. The molecule has 0 amide bonds. The van der Waals surface area contributed by atoms with Gasteiger partial charge in [0.2, 0.25) is 0 Å². The Morgan fingerprint density at radius 3 is 2.43 bits per heavy atom. The molecule has 118 valence electrons. The van der Waals surface area contributed by atoms with Crippen molar-refractivity contribution in [2.24, 2.45) is 5.92 Å².